The molecule has 2 aromatic rings. The number of nitro benzene ring substituents is 1. The fourth-order valence-electron chi connectivity index (χ4n) is 4.76. The maximum atomic E-state index is 12.8. The molecular formula is C23H16ClN3O6. The van der Waals surface area contributed by atoms with E-state index < -0.39 is 28.4 Å². The van der Waals surface area contributed by atoms with Crippen LogP contribution in [0.25, 0.3) is 0 Å². The smallest absolute Gasteiger partial charge is 0.343 e. The minimum Gasteiger partial charge on any atom is -0.415 e. The third-order valence-corrected chi connectivity index (χ3v) is 6.51. The van der Waals surface area contributed by atoms with Gasteiger partial charge in [0.05, 0.1) is 28.5 Å². The summed E-state index contributed by atoms with van der Waals surface area (Å²) in [5.41, 5.74) is -0.245. The van der Waals surface area contributed by atoms with Crippen LogP contribution in [0.3, 0.4) is 0 Å². The van der Waals surface area contributed by atoms with Crippen LogP contribution in [0.15, 0.2) is 59.7 Å². The maximum absolute atomic E-state index is 12.8. The largest absolute Gasteiger partial charge is 0.415 e. The standard InChI is InChI=1S/C23H16ClN3O6/c24-16-8-6-12(7-9-16)23(30)33-20-15(2-1-3-17(20)27(31)32)11-25-26-21(28)18-13-4-5-14(10-13)19(18)22(26)29/h1-9,11,13-14,18-19H,10H2/t13-,14-,18-,19+/m0/s1. The van der Waals surface area contributed by atoms with E-state index in [-0.39, 0.29) is 40.5 Å². The molecule has 33 heavy (non-hydrogen) atoms. The van der Waals surface area contributed by atoms with E-state index in [1.54, 1.807) is 0 Å². The van der Waals surface area contributed by atoms with Crippen LogP contribution in [-0.4, -0.2) is 33.9 Å². The first-order valence-electron chi connectivity index (χ1n) is 10.2. The van der Waals surface area contributed by atoms with Crippen LogP contribution in [0, 0.1) is 33.8 Å². The van der Waals surface area contributed by atoms with Crippen molar-refractivity contribution in [3.63, 3.8) is 0 Å². The Balaban J connectivity index is 1.44. The van der Waals surface area contributed by atoms with Gasteiger partial charge in [0.1, 0.15) is 0 Å². The van der Waals surface area contributed by atoms with Gasteiger partial charge in [-0.1, -0.05) is 29.8 Å². The lowest BCUT2D eigenvalue weighted by Gasteiger charge is -2.13. The highest BCUT2D eigenvalue weighted by molar-refractivity contribution is 6.30. The van der Waals surface area contributed by atoms with Crippen molar-refractivity contribution in [2.75, 3.05) is 0 Å². The van der Waals surface area contributed by atoms with Crippen molar-refractivity contribution in [1.82, 2.24) is 5.01 Å². The van der Waals surface area contributed by atoms with Crippen molar-refractivity contribution in [2.24, 2.45) is 28.8 Å². The molecule has 0 N–H and O–H groups in total. The number of hydrogen-bond acceptors (Lipinski definition) is 7. The fraction of sp³-hybridized carbons (Fsp3) is 0.217. The van der Waals surface area contributed by atoms with Crippen molar-refractivity contribution in [2.45, 2.75) is 6.42 Å². The van der Waals surface area contributed by atoms with Crippen LogP contribution in [-0.2, 0) is 9.59 Å². The number of carbonyl (C=O) groups is 3. The van der Waals surface area contributed by atoms with E-state index in [4.69, 9.17) is 16.3 Å². The zero-order valence-corrected chi connectivity index (χ0v) is 17.7. The Morgan fingerprint density at radius 3 is 2.33 bits per heavy atom. The Labute approximate surface area is 192 Å². The molecule has 10 heteroatoms. The first-order chi connectivity index (χ1) is 15.8. The molecule has 2 amide bonds. The first kappa shape index (κ1) is 21.0. The van der Waals surface area contributed by atoms with Crippen molar-refractivity contribution >= 4 is 41.3 Å². The number of allylic oxidation sites excluding steroid dienone is 2. The minimum absolute atomic E-state index is 0.0327. The van der Waals surface area contributed by atoms with E-state index in [2.05, 4.69) is 5.10 Å². The van der Waals surface area contributed by atoms with Gasteiger partial charge >= 0.3 is 11.7 Å². The summed E-state index contributed by atoms with van der Waals surface area (Å²) in [5.74, 6) is -2.72. The first-order valence-corrected chi connectivity index (χ1v) is 10.6. The number of nitrogens with zero attached hydrogens (tertiary/aromatic N) is 3. The summed E-state index contributed by atoms with van der Waals surface area (Å²) in [5, 5.41) is 16.8. The van der Waals surface area contributed by atoms with Gasteiger partial charge in [-0.2, -0.15) is 10.1 Å². The van der Waals surface area contributed by atoms with Gasteiger partial charge in [0, 0.05) is 16.7 Å². The number of benzene rings is 2. The molecule has 2 aromatic carbocycles. The number of amides is 2. The zero-order valence-electron chi connectivity index (χ0n) is 17.0. The molecule has 1 aliphatic heterocycles. The second-order valence-corrected chi connectivity index (χ2v) is 8.52. The predicted molar refractivity (Wildman–Crippen MR) is 117 cm³/mol. The number of hydrazone groups is 1. The number of halogens is 1. The minimum atomic E-state index is -0.832. The average molecular weight is 466 g/mol. The van der Waals surface area contributed by atoms with E-state index in [0.29, 0.717) is 5.02 Å². The van der Waals surface area contributed by atoms with Crippen molar-refractivity contribution in [3.8, 4) is 5.75 Å². The molecular weight excluding hydrogens is 450 g/mol. The highest BCUT2D eigenvalue weighted by Gasteiger charge is 2.59. The molecule has 2 bridgehead atoms. The van der Waals surface area contributed by atoms with Crippen LogP contribution in [0.5, 0.6) is 5.75 Å². The molecule has 1 saturated heterocycles. The molecule has 0 aromatic heterocycles. The number of esters is 1. The fourth-order valence-corrected chi connectivity index (χ4v) is 4.88. The lowest BCUT2D eigenvalue weighted by molar-refractivity contribution is -0.385. The molecule has 5 rings (SSSR count). The van der Waals surface area contributed by atoms with Crippen LogP contribution < -0.4 is 4.74 Å². The number of carbonyl (C=O) groups excluding carboxylic acids is 3. The van der Waals surface area contributed by atoms with Gasteiger partial charge in [-0.3, -0.25) is 19.7 Å². The Morgan fingerprint density at radius 1 is 1.09 bits per heavy atom. The maximum Gasteiger partial charge on any atom is 0.343 e. The van der Waals surface area contributed by atoms with E-state index in [1.807, 2.05) is 12.2 Å². The molecule has 3 aliphatic rings. The van der Waals surface area contributed by atoms with Gasteiger partial charge in [0.2, 0.25) is 5.75 Å². The van der Waals surface area contributed by atoms with Gasteiger partial charge < -0.3 is 4.74 Å². The molecule has 1 heterocycles. The van der Waals surface area contributed by atoms with Crippen molar-refractivity contribution in [1.29, 1.82) is 0 Å². The SMILES string of the molecule is O=C(Oc1c(C=NN2C(=O)[C@@H]3[C@H](C2=O)[C@H]2C=C[C@H]3C2)cccc1[N+](=O)[O-])c1ccc(Cl)cc1. The lowest BCUT2D eigenvalue weighted by atomic mass is 9.85. The number of rotatable bonds is 5. The van der Waals surface area contributed by atoms with Gasteiger partial charge in [-0.15, -0.1) is 0 Å². The molecule has 0 spiro atoms. The Hall–Kier alpha value is -3.85. The second kappa shape index (κ2) is 7.93. The van der Waals surface area contributed by atoms with Crippen LogP contribution in [0.2, 0.25) is 5.02 Å². The second-order valence-electron chi connectivity index (χ2n) is 8.08. The van der Waals surface area contributed by atoms with E-state index in [9.17, 15) is 24.5 Å². The number of hydrogen-bond donors (Lipinski definition) is 0. The van der Waals surface area contributed by atoms with Crippen LogP contribution >= 0.6 is 11.6 Å². The summed E-state index contributed by atoms with van der Waals surface area (Å²) in [4.78, 5) is 49.0. The number of para-hydroxylation sites is 1. The summed E-state index contributed by atoms with van der Waals surface area (Å²) in [6.07, 6.45) is 5.86. The summed E-state index contributed by atoms with van der Waals surface area (Å²) >= 11 is 5.83. The molecule has 9 nitrogen and oxygen atoms in total. The number of fused-ring (bicyclic) bond motifs is 5. The molecule has 0 unspecified atom stereocenters. The highest BCUT2D eigenvalue weighted by atomic mass is 35.5. The van der Waals surface area contributed by atoms with Gasteiger partial charge in [-0.25, -0.2) is 4.79 Å². The average Bonchev–Trinajstić information content (AvgIpc) is 3.47. The van der Waals surface area contributed by atoms with Gasteiger partial charge in [-0.05, 0) is 48.6 Å². The number of imide groups is 1. The molecule has 4 atom stereocenters. The normalized spacial score (nSPS) is 25.2. The van der Waals surface area contributed by atoms with Crippen LogP contribution in [0.1, 0.15) is 22.3 Å². The van der Waals surface area contributed by atoms with E-state index in [1.165, 1.54) is 42.5 Å². The molecule has 166 valence electrons. The summed E-state index contributed by atoms with van der Waals surface area (Å²) in [6, 6.07) is 9.85. The third kappa shape index (κ3) is 3.50. The predicted octanol–water partition coefficient (Wildman–Crippen LogP) is 3.61. The lowest BCUT2D eigenvalue weighted by Crippen LogP contribution is -2.28. The monoisotopic (exact) mass is 465 g/mol. The summed E-state index contributed by atoms with van der Waals surface area (Å²) < 4.78 is 5.34. The Kier molecular flexibility index (Phi) is 5.05. The molecule has 2 fully saturated rings. The Morgan fingerprint density at radius 2 is 1.73 bits per heavy atom. The van der Waals surface area contributed by atoms with E-state index >= 15 is 0 Å². The third-order valence-electron chi connectivity index (χ3n) is 6.26. The van der Waals surface area contributed by atoms with Crippen LogP contribution in [0.4, 0.5) is 5.69 Å². The van der Waals surface area contributed by atoms with Crippen molar-refractivity contribution in [3.05, 3.63) is 80.9 Å². The quantitative estimate of drug-likeness (QED) is 0.126. The Bertz CT molecular complexity index is 1230. The highest BCUT2D eigenvalue weighted by Crippen LogP contribution is 2.52. The molecule has 1 saturated carbocycles. The summed E-state index contributed by atoms with van der Waals surface area (Å²) in [6.45, 7) is 0. The number of nitro groups is 1. The number of ether oxygens (including phenoxy) is 1. The topological polar surface area (TPSA) is 119 Å². The molecule has 2 aliphatic carbocycles. The van der Waals surface area contributed by atoms with Gasteiger partial charge in [0.25, 0.3) is 11.8 Å². The van der Waals surface area contributed by atoms with Crippen molar-refractivity contribution < 1.29 is 24.0 Å². The molecule has 0 radical (unpaired) electrons. The van der Waals surface area contributed by atoms with Gasteiger partial charge in [0.15, 0.2) is 0 Å². The van der Waals surface area contributed by atoms with E-state index in [0.717, 1.165) is 17.6 Å². The zero-order chi connectivity index (χ0) is 23.3. The summed E-state index contributed by atoms with van der Waals surface area (Å²) in [7, 11) is 0.